The lowest BCUT2D eigenvalue weighted by molar-refractivity contribution is 0.0671. The van der Waals surface area contributed by atoms with Crippen molar-refractivity contribution in [3.63, 3.8) is 0 Å². The van der Waals surface area contributed by atoms with Crippen LogP contribution in [-0.4, -0.2) is 45.2 Å². The third-order valence-electron chi connectivity index (χ3n) is 4.81. The van der Waals surface area contributed by atoms with Gasteiger partial charge < -0.3 is 20.3 Å². The molecule has 0 spiro atoms. The first kappa shape index (κ1) is 18.1. The number of carbonyl (C=O) groups is 1. The molecule has 1 aliphatic rings. The van der Waals surface area contributed by atoms with E-state index in [1.165, 1.54) is 12.4 Å². The van der Waals surface area contributed by atoms with Crippen LogP contribution < -0.4 is 10.9 Å². The molecule has 0 unspecified atom stereocenters. The van der Waals surface area contributed by atoms with Crippen molar-refractivity contribution < 1.29 is 9.90 Å². The Bertz CT molecular complexity index is 770. The van der Waals surface area contributed by atoms with Gasteiger partial charge in [-0.15, -0.1) is 0 Å². The molecule has 2 heterocycles. The molecule has 0 saturated carbocycles. The zero-order chi connectivity index (χ0) is 18.4. The van der Waals surface area contributed by atoms with Crippen LogP contribution >= 0.6 is 0 Å². The largest absolute Gasteiger partial charge is 0.392 e. The molecule has 2 aromatic rings. The highest BCUT2D eigenvalue weighted by molar-refractivity contribution is 5.74. The summed E-state index contributed by atoms with van der Waals surface area (Å²) in [5.74, 6) is 0.202. The predicted octanol–water partition coefficient (Wildman–Crippen LogP) is 1.30. The summed E-state index contributed by atoms with van der Waals surface area (Å²) in [5.41, 5.74) is 1.42. The van der Waals surface area contributed by atoms with E-state index in [4.69, 9.17) is 0 Å². The van der Waals surface area contributed by atoms with Crippen molar-refractivity contribution in [1.82, 2.24) is 20.2 Å². The van der Waals surface area contributed by atoms with Crippen LogP contribution in [0.25, 0.3) is 0 Å². The molecule has 1 saturated heterocycles. The van der Waals surface area contributed by atoms with Gasteiger partial charge in [0.25, 0.3) is 5.56 Å². The summed E-state index contributed by atoms with van der Waals surface area (Å²) in [6.45, 7) is 1.45. The maximum Gasteiger partial charge on any atom is 0.317 e. The Morgan fingerprint density at radius 1 is 1.31 bits per heavy atom. The molecule has 3 N–H and O–H groups in total. The van der Waals surface area contributed by atoms with Gasteiger partial charge in [-0.2, -0.15) is 0 Å². The first-order chi connectivity index (χ1) is 12.6. The van der Waals surface area contributed by atoms with Crippen molar-refractivity contribution in [2.75, 3.05) is 13.1 Å². The number of H-pyrrole nitrogens is 1. The molecular formula is C19H24N4O3. The summed E-state index contributed by atoms with van der Waals surface area (Å²) in [4.78, 5) is 31.7. The van der Waals surface area contributed by atoms with Gasteiger partial charge in [-0.1, -0.05) is 30.3 Å². The number of amides is 2. The predicted molar refractivity (Wildman–Crippen MR) is 97.5 cm³/mol. The smallest absolute Gasteiger partial charge is 0.317 e. The lowest BCUT2D eigenvalue weighted by Gasteiger charge is -2.34. The first-order valence-corrected chi connectivity index (χ1v) is 8.90. The van der Waals surface area contributed by atoms with E-state index < -0.39 is 0 Å². The van der Waals surface area contributed by atoms with E-state index in [-0.39, 0.29) is 30.2 Å². The van der Waals surface area contributed by atoms with Gasteiger partial charge in [-0.25, -0.2) is 9.78 Å². The SMILES string of the molecule is O=C(NCc1cc(=O)[nH]cn1)N1CCC([C@H](O)Cc2ccccc2)CC1. The minimum absolute atomic E-state index is 0.164. The maximum absolute atomic E-state index is 12.3. The quantitative estimate of drug-likeness (QED) is 0.752. The second-order valence-electron chi connectivity index (χ2n) is 6.64. The Morgan fingerprint density at radius 3 is 2.73 bits per heavy atom. The molecule has 138 valence electrons. The number of aliphatic hydroxyl groups excluding tert-OH is 1. The minimum Gasteiger partial charge on any atom is -0.392 e. The van der Waals surface area contributed by atoms with Crippen LogP contribution in [0.3, 0.4) is 0 Å². The fourth-order valence-electron chi connectivity index (χ4n) is 3.29. The Kier molecular flexibility index (Phi) is 6.01. The van der Waals surface area contributed by atoms with Gasteiger partial charge >= 0.3 is 6.03 Å². The molecule has 2 amide bonds. The number of carbonyl (C=O) groups excluding carboxylic acids is 1. The van der Waals surface area contributed by atoms with Crippen molar-refractivity contribution in [2.45, 2.75) is 31.9 Å². The van der Waals surface area contributed by atoms with Crippen molar-refractivity contribution in [1.29, 1.82) is 0 Å². The molecule has 1 aliphatic heterocycles. The standard InChI is InChI=1S/C19H24N4O3/c24-17(10-14-4-2-1-3-5-14)15-6-8-23(9-7-15)19(26)20-12-16-11-18(25)22-13-21-16/h1-5,11,13,15,17,24H,6-10,12H2,(H,20,26)(H,21,22,25)/t17-/m1/s1. The Balaban J connectivity index is 1.44. The Labute approximate surface area is 152 Å². The van der Waals surface area contributed by atoms with E-state index in [2.05, 4.69) is 15.3 Å². The van der Waals surface area contributed by atoms with Crippen LogP contribution in [0.2, 0.25) is 0 Å². The number of likely N-dealkylation sites (tertiary alicyclic amines) is 1. The van der Waals surface area contributed by atoms with Crippen LogP contribution in [0.15, 0.2) is 47.5 Å². The van der Waals surface area contributed by atoms with Crippen molar-refractivity contribution >= 4 is 6.03 Å². The van der Waals surface area contributed by atoms with Gasteiger partial charge in [0.05, 0.1) is 24.7 Å². The number of nitrogens with one attached hydrogen (secondary N) is 2. The molecule has 7 nitrogen and oxygen atoms in total. The molecule has 1 aromatic carbocycles. The zero-order valence-electron chi connectivity index (χ0n) is 14.6. The molecular weight excluding hydrogens is 332 g/mol. The minimum atomic E-state index is -0.386. The lowest BCUT2D eigenvalue weighted by Crippen LogP contribution is -2.46. The third-order valence-corrected chi connectivity index (χ3v) is 4.81. The molecule has 7 heteroatoms. The number of aromatic nitrogens is 2. The fraction of sp³-hybridized carbons (Fsp3) is 0.421. The number of benzene rings is 1. The number of hydrogen-bond donors (Lipinski definition) is 3. The monoisotopic (exact) mass is 356 g/mol. The molecule has 3 rings (SSSR count). The van der Waals surface area contributed by atoms with Gasteiger partial charge in [0.15, 0.2) is 0 Å². The maximum atomic E-state index is 12.3. The van der Waals surface area contributed by atoms with E-state index in [1.807, 2.05) is 30.3 Å². The van der Waals surface area contributed by atoms with Gasteiger partial charge in [0.2, 0.25) is 0 Å². The number of aliphatic hydroxyl groups is 1. The molecule has 1 atom stereocenters. The first-order valence-electron chi connectivity index (χ1n) is 8.90. The average Bonchev–Trinajstić information content (AvgIpc) is 2.67. The van der Waals surface area contributed by atoms with Crippen LogP contribution in [0.5, 0.6) is 0 Å². The Morgan fingerprint density at radius 2 is 2.04 bits per heavy atom. The average molecular weight is 356 g/mol. The van der Waals surface area contributed by atoms with Gasteiger partial charge in [-0.3, -0.25) is 4.79 Å². The number of urea groups is 1. The fourth-order valence-corrected chi connectivity index (χ4v) is 3.29. The van der Waals surface area contributed by atoms with Crippen molar-refractivity contribution in [3.8, 4) is 0 Å². The van der Waals surface area contributed by atoms with E-state index >= 15 is 0 Å². The van der Waals surface area contributed by atoms with Crippen LogP contribution in [0, 0.1) is 5.92 Å². The van der Waals surface area contributed by atoms with Gasteiger partial charge in [-0.05, 0) is 30.7 Å². The lowest BCUT2D eigenvalue weighted by atomic mass is 9.88. The zero-order valence-corrected chi connectivity index (χ0v) is 14.6. The summed E-state index contributed by atoms with van der Waals surface area (Å²) >= 11 is 0. The van der Waals surface area contributed by atoms with E-state index in [1.54, 1.807) is 4.90 Å². The van der Waals surface area contributed by atoms with Crippen LogP contribution in [0.4, 0.5) is 4.79 Å². The second-order valence-corrected chi connectivity index (χ2v) is 6.64. The third kappa shape index (κ3) is 4.92. The molecule has 1 fully saturated rings. The summed E-state index contributed by atoms with van der Waals surface area (Å²) in [6.07, 6.45) is 3.15. The number of hydrogen-bond acceptors (Lipinski definition) is 4. The van der Waals surface area contributed by atoms with E-state index in [0.29, 0.717) is 25.2 Å². The van der Waals surface area contributed by atoms with Gasteiger partial charge in [0.1, 0.15) is 0 Å². The highest BCUT2D eigenvalue weighted by Gasteiger charge is 2.27. The van der Waals surface area contributed by atoms with E-state index in [0.717, 1.165) is 18.4 Å². The highest BCUT2D eigenvalue weighted by Crippen LogP contribution is 2.23. The number of aromatic amines is 1. The van der Waals surface area contributed by atoms with Crippen molar-refractivity contribution in [3.05, 3.63) is 64.3 Å². The Hall–Kier alpha value is -2.67. The number of rotatable bonds is 5. The number of nitrogens with zero attached hydrogens (tertiary/aromatic N) is 2. The molecule has 0 radical (unpaired) electrons. The summed E-state index contributed by atoms with van der Waals surface area (Å²) in [5, 5.41) is 13.3. The van der Waals surface area contributed by atoms with E-state index in [9.17, 15) is 14.7 Å². The van der Waals surface area contributed by atoms with Gasteiger partial charge in [0, 0.05) is 19.2 Å². The second kappa shape index (κ2) is 8.62. The molecule has 0 bridgehead atoms. The topological polar surface area (TPSA) is 98.3 Å². The molecule has 0 aliphatic carbocycles. The summed E-state index contributed by atoms with van der Waals surface area (Å²) in [6, 6.07) is 11.2. The number of piperidine rings is 1. The van der Waals surface area contributed by atoms with Crippen LogP contribution in [0.1, 0.15) is 24.1 Å². The molecule has 1 aromatic heterocycles. The summed E-state index contributed by atoms with van der Waals surface area (Å²) < 4.78 is 0. The summed E-state index contributed by atoms with van der Waals surface area (Å²) in [7, 11) is 0. The normalized spacial score (nSPS) is 16.3. The highest BCUT2D eigenvalue weighted by atomic mass is 16.3. The van der Waals surface area contributed by atoms with Crippen molar-refractivity contribution in [2.24, 2.45) is 5.92 Å². The molecule has 26 heavy (non-hydrogen) atoms. The van der Waals surface area contributed by atoms with Crippen LogP contribution in [-0.2, 0) is 13.0 Å².